The summed E-state index contributed by atoms with van der Waals surface area (Å²) in [4.78, 5) is 39.6. The number of rotatable bonds is 7. The van der Waals surface area contributed by atoms with Crippen molar-refractivity contribution in [3.05, 3.63) is 52.9 Å². The van der Waals surface area contributed by atoms with Crippen LogP contribution in [-0.2, 0) is 4.74 Å². The van der Waals surface area contributed by atoms with Gasteiger partial charge in [0, 0.05) is 36.5 Å². The molecule has 1 N–H and O–H groups in total. The number of carbonyl (C=O) groups is 2. The molecule has 2 amide bonds. The van der Waals surface area contributed by atoms with Gasteiger partial charge in [-0.1, -0.05) is 0 Å². The Kier molecular flexibility index (Phi) is 6.37. The zero-order chi connectivity index (χ0) is 23.5. The van der Waals surface area contributed by atoms with Gasteiger partial charge in [-0.3, -0.25) is 14.9 Å². The summed E-state index contributed by atoms with van der Waals surface area (Å²) in [7, 11) is 0. The molecule has 11 heteroatoms. The SMILES string of the molecule is Cc1csc(NC(=O)c2cc(Oc3cnc(C(=O)N4CCC4)cn3)cc(O[C@H]3CCOC3)c2)n1. The van der Waals surface area contributed by atoms with Crippen LogP contribution in [-0.4, -0.2) is 64.1 Å². The fourth-order valence-electron chi connectivity index (χ4n) is 3.49. The van der Waals surface area contributed by atoms with Crippen LogP contribution in [0, 0.1) is 6.92 Å². The quantitative estimate of drug-likeness (QED) is 0.547. The zero-order valence-corrected chi connectivity index (χ0v) is 19.3. The van der Waals surface area contributed by atoms with Crippen molar-refractivity contribution in [3.8, 4) is 17.4 Å². The van der Waals surface area contributed by atoms with Gasteiger partial charge in [-0.2, -0.15) is 0 Å². The van der Waals surface area contributed by atoms with E-state index in [0.29, 0.717) is 35.4 Å². The lowest BCUT2D eigenvalue weighted by Crippen LogP contribution is -2.42. The molecule has 2 aliphatic heterocycles. The molecule has 4 heterocycles. The number of ether oxygens (including phenoxy) is 3. The van der Waals surface area contributed by atoms with Crippen LogP contribution < -0.4 is 14.8 Å². The van der Waals surface area contributed by atoms with Crippen LogP contribution in [0.25, 0.3) is 0 Å². The number of hydrogen-bond donors (Lipinski definition) is 1. The molecule has 176 valence electrons. The van der Waals surface area contributed by atoms with Crippen LogP contribution in [0.1, 0.15) is 39.4 Å². The molecule has 10 nitrogen and oxygen atoms in total. The van der Waals surface area contributed by atoms with Crippen molar-refractivity contribution < 1.29 is 23.8 Å². The third kappa shape index (κ3) is 5.15. The first-order chi connectivity index (χ1) is 16.5. The molecular formula is C23H23N5O5S. The summed E-state index contributed by atoms with van der Waals surface area (Å²) < 4.78 is 17.3. The molecule has 0 bridgehead atoms. The highest BCUT2D eigenvalue weighted by Gasteiger charge is 2.23. The largest absolute Gasteiger partial charge is 0.488 e. The van der Waals surface area contributed by atoms with Crippen molar-refractivity contribution in [2.45, 2.75) is 25.9 Å². The third-order valence-electron chi connectivity index (χ3n) is 5.39. The van der Waals surface area contributed by atoms with Gasteiger partial charge in [0.05, 0.1) is 31.3 Å². The molecule has 1 aromatic carbocycles. The van der Waals surface area contributed by atoms with E-state index in [1.165, 1.54) is 23.7 Å². The average molecular weight is 482 g/mol. The van der Waals surface area contributed by atoms with E-state index in [2.05, 4.69) is 20.3 Å². The number of aryl methyl sites for hydroxylation is 1. The number of anilines is 1. The summed E-state index contributed by atoms with van der Waals surface area (Å²) in [5.41, 5.74) is 1.44. The topological polar surface area (TPSA) is 116 Å². The molecule has 0 radical (unpaired) electrons. The molecule has 1 atom stereocenters. The number of likely N-dealkylation sites (tertiary alicyclic amines) is 1. The fraction of sp³-hybridized carbons (Fsp3) is 0.348. The molecule has 5 rings (SSSR count). The molecule has 2 fully saturated rings. The van der Waals surface area contributed by atoms with E-state index < -0.39 is 0 Å². The van der Waals surface area contributed by atoms with Crippen LogP contribution in [0.3, 0.4) is 0 Å². The number of benzene rings is 1. The Bertz CT molecular complexity index is 1190. The highest BCUT2D eigenvalue weighted by atomic mass is 32.1. The monoisotopic (exact) mass is 481 g/mol. The molecule has 2 saturated heterocycles. The van der Waals surface area contributed by atoms with Gasteiger partial charge in [0.15, 0.2) is 5.13 Å². The molecule has 2 aromatic heterocycles. The second-order valence-corrected chi connectivity index (χ2v) is 8.89. The number of aromatic nitrogens is 3. The minimum Gasteiger partial charge on any atom is -0.488 e. The predicted octanol–water partition coefficient (Wildman–Crippen LogP) is 3.30. The molecule has 0 saturated carbocycles. The summed E-state index contributed by atoms with van der Waals surface area (Å²) in [6.07, 6.45) is 4.46. The Balaban J connectivity index is 1.35. The highest BCUT2D eigenvalue weighted by Crippen LogP contribution is 2.29. The number of nitrogens with one attached hydrogen (secondary N) is 1. The molecule has 2 aliphatic rings. The maximum atomic E-state index is 12.9. The third-order valence-corrected chi connectivity index (χ3v) is 6.26. The predicted molar refractivity (Wildman–Crippen MR) is 124 cm³/mol. The Hall–Kier alpha value is -3.57. The van der Waals surface area contributed by atoms with Crippen LogP contribution in [0.2, 0.25) is 0 Å². The maximum absolute atomic E-state index is 12.9. The smallest absolute Gasteiger partial charge is 0.274 e. The van der Waals surface area contributed by atoms with Crippen molar-refractivity contribution in [1.82, 2.24) is 19.9 Å². The minimum absolute atomic E-state index is 0.0978. The fourth-order valence-corrected chi connectivity index (χ4v) is 4.17. The minimum atomic E-state index is -0.339. The van der Waals surface area contributed by atoms with Crippen molar-refractivity contribution in [3.63, 3.8) is 0 Å². The van der Waals surface area contributed by atoms with Crippen molar-refractivity contribution in [2.75, 3.05) is 31.6 Å². The lowest BCUT2D eigenvalue weighted by molar-refractivity contribution is 0.0645. The van der Waals surface area contributed by atoms with Crippen molar-refractivity contribution in [2.24, 2.45) is 0 Å². The Labute approximate surface area is 199 Å². The van der Waals surface area contributed by atoms with E-state index in [1.54, 1.807) is 23.1 Å². The van der Waals surface area contributed by atoms with E-state index in [4.69, 9.17) is 14.2 Å². The van der Waals surface area contributed by atoms with Crippen LogP contribution in [0.4, 0.5) is 5.13 Å². The number of amides is 2. The molecule has 0 aliphatic carbocycles. The summed E-state index contributed by atoms with van der Waals surface area (Å²) in [5.74, 6) is 0.548. The Morgan fingerprint density at radius 3 is 2.68 bits per heavy atom. The maximum Gasteiger partial charge on any atom is 0.274 e. The standard InChI is InChI=1S/C23H23N5O5S/c1-14-13-34-23(26-14)27-21(29)15-7-17(32-16-3-6-31-12-16)9-18(8-15)33-20-11-24-19(10-25-20)22(30)28-4-2-5-28/h7-11,13,16H,2-6,12H2,1H3,(H,26,27,29)/t16-/m0/s1. The van der Waals surface area contributed by atoms with Crippen molar-refractivity contribution >= 4 is 28.3 Å². The second kappa shape index (κ2) is 9.74. The van der Waals surface area contributed by atoms with Gasteiger partial charge in [-0.15, -0.1) is 11.3 Å². The molecule has 0 unspecified atom stereocenters. The van der Waals surface area contributed by atoms with Gasteiger partial charge in [0.2, 0.25) is 5.88 Å². The molecule has 3 aromatic rings. The second-order valence-electron chi connectivity index (χ2n) is 8.03. The average Bonchev–Trinajstić information content (AvgIpc) is 3.44. The number of nitrogens with zero attached hydrogens (tertiary/aromatic N) is 4. The molecular weight excluding hydrogens is 458 g/mol. The van der Waals surface area contributed by atoms with Crippen LogP contribution in [0.15, 0.2) is 36.0 Å². The van der Waals surface area contributed by atoms with Gasteiger partial charge in [0.1, 0.15) is 23.3 Å². The zero-order valence-electron chi connectivity index (χ0n) is 18.5. The summed E-state index contributed by atoms with van der Waals surface area (Å²) >= 11 is 1.35. The van der Waals surface area contributed by atoms with Crippen molar-refractivity contribution in [1.29, 1.82) is 0 Å². The first-order valence-electron chi connectivity index (χ1n) is 11.0. The lowest BCUT2D eigenvalue weighted by Gasteiger charge is -2.30. The summed E-state index contributed by atoms with van der Waals surface area (Å²) in [6, 6.07) is 4.93. The van der Waals surface area contributed by atoms with E-state index >= 15 is 0 Å². The lowest BCUT2D eigenvalue weighted by atomic mass is 10.2. The van der Waals surface area contributed by atoms with Gasteiger partial charge >= 0.3 is 0 Å². The van der Waals surface area contributed by atoms with Gasteiger partial charge in [0.25, 0.3) is 11.8 Å². The van der Waals surface area contributed by atoms with Crippen LogP contribution >= 0.6 is 11.3 Å². The van der Waals surface area contributed by atoms with E-state index in [1.807, 2.05) is 12.3 Å². The highest BCUT2D eigenvalue weighted by molar-refractivity contribution is 7.13. The molecule has 0 spiro atoms. The first kappa shape index (κ1) is 22.2. The number of carbonyl (C=O) groups excluding carboxylic acids is 2. The van der Waals surface area contributed by atoms with Gasteiger partial charge < -0.3 is 19.1 Å². The molecule has 34 heavy (non-hydrogen) atoms. The number of thiazole rings is 1. The van der Waals surface area contributed by atoms with Gasteiger partial charge in [-0.05, 0) is 25.5 Å². The van der Waals surface area contributed by atoms with E-state index in [-0.39, 0.29) is 29.5 Å². The Morgan fingerprint density at radius 2 is 2.03 bits per heavy atom. The normalized spacial score (nSPS) is 17.2. The summed E-state index contributed by atoms with van der Waals surface area (Å²) in [5, 5.41) is 5.16. The van der Waals surface area contributed by atoms with E-state index in [0.717, 1.165) is 31.6 Å². The van der Waals surface area contributed by atoms with E-state index in [9.17, 15) is 9.59 Å². The van der Waals surface area contributed by atoms with Gasteiger partial charge in [-0.25, -0.2) is 15.0 Å². The Morgan fingerprint density at radius 1 is 1.18 bits per heavy atom. The first-order valence-corrected chi connectivity index (χ1v) is 11.8. The van der Waals surface area contributed by atoms with Crippen LogP contribution in [0.5, 0.6) is 17.4 Å². The number of hydrogen-bond acceptors (Lipinski definition) is 9. The summed E-state index contributed by atoms with van der Waals surface area (Å²) in [6.45, 7) is 4.46.